The fourth-order valence-corrected chi connectivity index (χ4v) is 6.83. The molecule has 0 fully saturated rings. The second-order valence-corrected chi connectivity index (χ2v) is 14.6. The number of anilines is 1. The van der Waals surface area contributed by atoms with Crippen molar-refractivity contribution >= 4 is 62.3 Å². The summed E-state index contributed by atoms with van der Waals surface area (Å²) in [6.07, 6.45) is 0.883. The van der Waals surface area contributed by atoms with Crippen molar-refractivity contribution in [3.8, 4) is 0 Å². The van der Waals surface area contributed by atoms with Crippen molar-refractivity contribution in [2.24, 2.45) is 0 Å². The largest absolute Gasteiger partial charge is 0.352 e. The summed E-state index contributed by atoms with van der Waals surface area (Å²) in [4.78, 5) is 30.0. The van der Waals surface area contributed by atoms with Crippen molar-refractivity contribution in [2.75, 3.05) is 10.8 Å². The monoisotopic (exact) mass is 713 g/mol. The molecular formula is C36H38Cl3N3O4S. The molecule has 0 heterocycles. The molecule has 0 aromatic heterocycles. The number of halogens is 3. The van der Waals surface area contributed by atoms with Crippen LogP contribution in [0.1, 0.15) is 42.5 Å². The lowest BCUT2D eigenvalue weighted by molar-refractivity contribution is -0.140. The molecule has 47 heavy (non-hydrogen) atoms. The van der Waals surface area contributed by atoms with E-state index in [-0.39, 0.29) is 29.8 Å². The smallest absolute Gasteiger partial charge is 0.264 e. The zero-order valence-corrected chi connectivity index (χ0v) is 29.8. The van der Waals surface area contributed by atoms with Gasteiger partial charge in [-0.2, -0.15) is 0 Å². The van der Waals surface area contributed by atoms with Gasteiger partial charge in [-0.3, -0.25) is 13.9 Å². The minimum atomic E-state index is -4.25. The Morgan fingerprint density at radius 2 is 1.49 bits per heavy atom. The normalized spacial score (nSPS) is 12.7. The van der Waals surface area contributed by atoms with Gasteiger partial charge in [0, 0.05) is 24.0 Å². The summed E-state index contributed by atoms with van der Waals surface area (Å²) in [5, 5.41) is 4.04. The van der Waals surface area contributed by atoms with Crippen LogP contribution in [-0.4, -0.2) is 43.8 Å². The van der Waals surface area contributed by atoms with Gasteiger partial charge in [-0.25, -0.2) is 8.42 Å². The number of hydrogen-bond donors (Lipinski definition) is 1. The summed E-state index contributed by atoms with van der Waals surface area (Å²) in [6, 6.07) is 24.2. The highest BCUT2D eigenvalue weighted by Crippen LogP contribution is 2.29. The second kappa shape index (κ2) is 16.0. The Morgan fingerprint density at radius 1 is 0.809 bits per heavy atom. The van der Waals surface area contributed by atoms with E-state index in [1.165, 1.54) is 29.2 Å². The number of hydrogen-bond acceptors (Lipinski definition) is 4. The molecule has 0 spiro atoms. The fourth-order valence-electron chi connectivity index (χ4n) is 4.97. The van der Waals surface area contributed by atoms with Gasteiger partial charge >= 0.3 is 0 Å². The van der Waals surface area contributed by atoms with Crippen LogP contribution < -0.4 is 9.62 Å². The fraction of sp³-hybridized carbons (Fsp3) is 0.278. The SMILES string of the molecule is CC[C@@H](C)NC(=O)[C@@H](Cc1ccccc1)N(Cc1ccc(Cl)c(Cl)c1)C(=O)CN(c1ccc(C)c(C)c1)S(=O)(=O)c1ccc(Cl)cc1. The van der Waals surface area contributed by atoms with E-state index in [2.05, 4.69) is 5.32 Å². The Kier molecular flexibility index (Phi) is 12.4. The van der Waals surface area contributed by atoms with Crippen molar-refractivity contribution in [3.63, 3.8) is 0 Å². The Labute approximate surface area is 292 Å². The predicted molar refractivity (Wildman–Crippen MR) is 191 cm³/mol. The second-order valence-electron chi connectivity index (χ2n) is 11.5. The van der Waals surface area contributed by atoms with Crippen molar-refractivity contribution in [2.45, 2.75) is 64.1 Å². The number of carbonyl (C=O) groups is 2. The third-order valence-electron chi connectivity index (χ3n) is 8.07. The molecule has 4 aromatic rings. The van der Waals surface area contributed by atoms with Crippen molar-refractivity contribution < 1.29 is 18.0 Å². The zero-order valence-electron chi connectivity index (χ0n) is 26.7. The highest BCUT2D eigenvalue weighted by atomic mass is 35.5. The number of amides is 2. The van der Waals surface area contributed by atoms with Crippen molar-refractivity contribution in [3.05, 3.63) is 128 Å². The molecule has 4 rings (SSSR count). The lowest BCUT2D eigenvalue weighted by atomic mass is 10.0. The zero-order chi connectivity index (χ0) is 34.3. The number of sulfonamides is 1. The average molecular weight is 715 g/mol. The highest BCUT2D eigenvalue weighted by molar-refractivity contribution is 7.92. The molecule has 11 heteroatoms. The van der Waals surface area contributed by atoms with E-state index in [1.807, 2.05) is 64.1 Å². The van der Waals surface area contributed by atoms with Crippen LogP contribution in [0, 0.1) is 13.8 Å². The molecule has 0 saturated heterocycles. The first-order valence-corrected chi connectivity index (χ1v) is 17.8. The van der Waals surface area contributed by atoms with Gasteiger partial charge < -0.3 is 10.2 Å². The number of rotatable bonds is 13. The van der Waals surface area contributed by atoms with Crippen LogP contribution in [0.25, 0.3) is 0 Å². The molecule has 0 aliphatic rings. The summed E-state index contributed by atoms with van der Waals surface area (Å²) >= 11 is 18.6. The van der Waals surface area contributed by atoms with Crippen LogP contribution in [0.15, 0.2) is 95.9 Å². The van der Waals surface area contributed by atoms with Crippen LogP contribution in [0.2, 0.25) is 15.1 Å². The van der Waals surface area contributed by atoms with Crippen molar-refractivity contribution in [1.29, 1.82) is 0 Å². The summed E-state index contributed by atoms with van der Waals surface area (Å²) in [5.41, 5.74) is 3.60. The van der Waals surface area contributed by atoms with Gasteiger partial charge in [0.2, 0.25) is 11.8 Å². The lowest BCUT2D eigenvalue weighted by Gasteiger charge is -2.34. The van der Waals surface area contributed by atoms with Crippen molar-refractivity contribution in [1.82, 2.24) is 10.2 Å². The van der Waals surface area contributed by atoms with Gasteiger partial charge in [-0.15, -0.1) is 0 Å². The first kappa shape index (κ1) is 36.3. The summed E-state index contributed by atoms with van der Waals surface area (Å²) in [7, 11) is -4.25. The van der Waals surface area contributed by atoms with Crippen LogP contribution in [0.4, 0.5) is 5.69 Å². The first-order valence-electron chi connectivity index (χ1n) is 15.2. The van der Waals surface area contributed by atoms with E-state index < -0.39 is 28.5 Å². The van der Waals surface area contributed by atoms with Gasteiger partial charge in [0.15, 0.2) is 0 Å². The van der Waals surface area contributed by atoms with Gasteiger partial charge in [0.25, 0.3) is 10.0 Å². The molecule has 4 aromatic carbocycles. The quantitative estimate of drug-likeness (QED) is 0.152. The highest BCUT2D eigenvalue weighted by Gasteiger charge is 2.35. The topological polar surface area (TPSA) is 86.8 Å². The molecule has 0 saturated carbocycles. The Bertz CT molecular complexity index is 1820. The molecule has 2 amide bonds. The van der Waals surface area contributed by atoms with E-state index in [9.17, 15) is 18.0 Å². The summed E-state index contributed by atoms with van der Waals surface area (Å²) in [5.74, 6) is -0.929. The summed E-state index contributed by atoms with van der Waals surface area (Å²) in [6.45, 7) is 7.05. The molecule has 0 aliphatic carbocycles. The molecule has 0 bridgehead atoms. The van der Waals surface area contributed by atoms with Crippen LogP contribution >= 0.6 is 34.8 Å². The third-order valence-corrected chi connectivity index (χ3v) is 10.8. The van der Waals surface area contributed by atoms with Crippen LogP contribution in [0.3, 0.4) is 0 Å². The van der Waals surface area contributed by atoms with E-state index in [0.29, 0.717) is 32.7 Å². The van der Waals surface area contributed by atoms with E-state index in [0.717, 1.165) is 21.0 Å². The van der Waals surface area contributed by atoms with Gasteiger partial charge in [0.05, 0.1) is 20.6 Å². The third kappa shape index (κ3) is 9.29. The van der Waals surface area contributed by atoms with E-state index >= 15 is 0 Å². The number of carbonyl (C=O) groups excluding carboxylic acids is 2. The van der Waals surface area contributed by atoms with Crippen LogP contribution in [-0.2, 0) is 32.6 Å². The number of benzene rings is 4. The van der Waals surface area contributed by atoms with Gasteiger partial charge in [0.1, 0.15) is 12.6 Å². The maximum Gasteiger partial charge on any atom is 0.264 e. The molecule has 2 atom stereocenters. The van der Waals surface area contributed by atoms with E-state index in [4.69, 9.17) is 34.8 Å². The van der Waals surface area contributed by atoms with Gasteiger partial charge in [-0.1, -0.05) is 84.2 Å². The maximum atomic E-state index is 14.6. The van der Waals surface area contributed by atoms with Crippen LogP contribution in [0.5, 0.6) is 0 Å². The minimum absolute atomic E-state index is 0.0249. The molecule has 248 valence electrons. The molecular weight excluding hydrogens is 677 g/mol. The minimum Gasteiger partial charge on any atom is -0.352 e. The molecule has 7 nitrogen and oxygen atoms in total. The lowest BCUT2D eigenvalue weighted by Crippen LogP contribution is -2.54. The average Bonchev–Trinajstić information content (AvgIpc) is 3.05. The number of nitrogens with zero attached hydrogens (tertiary/aromatic N) is 2. The maximum absolute atomic E-state index is 14.6. The standard InChI is InChI=1S/C36H38Cl3N3O4S/c1-5-26(4)40-36(44)34(21-27-9-7-6-8-10-27)41(22-28-12-18-32(38)33(39)20-28)35(43)23-42(30-15-11-24(2)25(3)19-30)47(45,46)31-16-13-29(37)14-17-31/h6-20,26,34H,5,21-23H2,1-4H3,(H,40,44)/t26-,34-/m1/s1. The van der Waals surface area contributed by atoms with Gasteiger partial charge in [-0.05, 0) is 98.0 Å². The summed E-state index contributed by atoms with van der Waals surface area (Å²) < 4.78 is 29.5. The van der Waals surface area contributed by atoms with E-state index in [1.54, 1.807) is 30.3 Å². The molecule has 1 N–H and O–H groups in total. The first-order chi connectivity index (χ1) is 22.3. The predicted octanol–water partition coefficient (Wildman–Crippen LogP) is 8.01. The Balaban J connectivity index is 1.84. The molecule has 0 aliphatic heterocycles. The molecule has 0 radical (unpaired) electrons. The Morgan fingerprint density at radius 3 is 2.11 bits per heavy atom. The Hall–Kier alpha value is -3.56. The molecule has 0 unspecified atom stereocenters. The number of nitrogens with one attached hydrogen (secondary N) is 1. The number of aryl methyl sites for hydroxylation is 2.